The Morgan fingerprint density at radius 3 is 2.65 bits per heavy atom. The van der Waals surface area contributed by atoms with Crippen molar-refractivity contribution < 1.29 is 14.3 Å². The molecular formula is C15H16N2O3. The molecule has 1 aromatic rings. The quantitative estimate of drug-likeness (QED) is 0.649. The largest absolute Gasteiger partial charge is 0.468 e. The molecule has 2 aliphatic rings. The van der Waals surface area contributed by atoms with Crippen molar-refractivity contribution in [2.24, 2.45) is 5.92 Å². The number of nitrogens with one attached hydrogen (secondary N) is 2. The molecule has 104 valence electrons. The number of carbonyl (C=O) groups is 2. The number of amides is 2. The summed E-state index contributed by atoms with van der Waals surface area (Å²) in [4.78, 5) is 23.0. The number of β-lactam (4-membered cyclic amide) rings is 1. The summed E-state index contributed by atoms with van der Waals surface area (Å²) in [6.07, 6.45) is 5.68. The molecule has 1 atom stereocenters. The fourth-order valence-electron chi connectivity index (χ4n) is 2.29. The van der Waals surface area contributed by atoms with Crippen molar-refractivity contribution in [3.05, 3.63) is 36.4 Å². The van der Waals surface area contributed by atoms with Gasteiger partial charge < -0.3 is 15.4 Å². The van der Waals surface area contributed by atoms with Gasteiger partial charge in [0.1, 0.15) is 5.75 Å². The predicted molar refractivity (Wildman–Crippen MR) is 74.1 cm³/mol. The first-order valence-corrected chi connectivity index (χ1v) is 6.73. The van der Waals surface area contributed by atoms with Crippen LogP contribution in [0.3, 0.4) is 0 Å². The van der Waals surface area contributed by atoms with Gasteiger partial charge in [0.15, 0.2) is 6.23 Å². The number of hydrogen-bond donors (Lipinski definition) is 2. The molecule has 1 saturated heterocycles. The highest BCUT2D eigenvalue weighted by Crippen LogP contribution is 2.28. The second-order valence-corrected chi connectivity index (χ2v) is 5.00. The summed E-state index contributed by atoms with van der Waals surface area (Å²) in [5.41, 5.74) is 0.644. The van der Waals surface area contributed by atoms with Crippen molar-refractivity contribution in [3.63, 3.8) is 0 Å². The van der Waals surface area contributed by atoms with Crippen molar-refractivity contribution >= 4 is 17.5 Å². The second-order valence-electron chi connectivity index (χ2n) is 5.00. The van der Waals surface area contributed by atoms with Gasteiger partial charge in [-0.25, -0.2) is 0 Å². The number of para-hydroxylation sites is 2. The molecule has 20 heavy (non-hydrogen) atoms. The van der Waals surface area contributed by atoms with Gasteiger partial charge in [-0.05, 0) is 25.0 Å². The molecule has 0 bridgehead atoms. The van der Waals surface area contributed by atoms with Crippen LogP contribution < -0.4 is 15.4 Å². The Balaban J connectivity index is 1.66. The summed E-state index contributed by atoms with van der Waals surface area (Å²) >= 11 is 0. The number of anilines is 1. The lowest BCUT2D eigenvalue weighted by molar-refractivity contribution is -0.134. The Morgan fingerprint density at radius 1 is 1.25 bits per heavy atom. The normalized spacial score (nSPS) is 21.2. The highest BCUT2D eigenvalue weighted by Gasteiger charge is 2.28. The molecule has 0 saturated carbocycles. The molecule has 0 spiro atoms. The van der Waals surface area contributed by atoms with Gasteiger partial charge in [-0.2, -0.15) is 0 Å². The van der Waals surface area contributed by atoms with E-state index in [-0.39, 0.29) is 24.0 Å². The van der Waals surface area contributed by atoms with E-state index in [0.29, 0.717) is 17.9 Å². The van der Waals surface area contributed by atoms with Crippen LogP contribution in [-0.2, 0) is 9.59 Å². The van der Waals surface area contributed by atoms with Gasteiger partial charge in [-0.15, -0.1) is 0 Å². The molecule has 5 nitrogen and oxygen atoms in total. The van der Waals surface area contributed by atoms with Crippen LogP contribution in [0.2, 0.25) is 0 Å². The Morgan fingerprint density at radius 2 is 1.95 bits per heavy atom. The Kier molecular flexibility index (Phi) is 3.41. The van der Waals surface area contributed by atoms with E-state index in [1.807, 2.05) is 24.3 Å². The number of ether oxygens (including phenoxy) is 1. The van der Waals surface area contributed by atoms with E-state index in [1.165, 1.54) is 0 Å². The van der Waals surface area contributed by atoms with Crippen LogP contribution in [0.4, 0.5) is 5.69 Å². The minimum absolute atomic E-state index is 0.00342. The van der Waals surface area contributed by atoms with E-state index in [2.05, 4.69) is 10.6 Å². The van der Waals surface area contributed by atoms with Crippen molar-refractivity contribution in [1.29, 1.82) is 0 Å². The van der Waals surface area contributed by atoms with Crippen LogP contribution in [-0.4, -0.2) is 18.0 Å². The second kappa shape index (κ2) is 5.36. The minimum atomic E-state index is -0.298. The molecule has 1 aromatic carbocycles. The molecular weight excluding hydrogens is 256 g/mol. The number of allylic oxidation sites excluding steroid dienone is 2. The van der Waals surface area contributed by atoms with Gasteiger partial charge in [0, 0.05) is 5.92 Å². The SMILES string of the molecule is O=C1CC(Oc2ccccc2NC(=O)C2CC=CC2)N1. The van der Waals surface area contributed by atoms with E-state index in [0.717, 1.165) is 12.8 Å². The zero-order valence-corrected chi connectivity index (χ0v) is 11.0. The lowest BCUT2D eigenvalue weighted by atomic mass is 10.1. The third kappa shape index (κ3) is 2.66. The molecule has 1 aliphatic heterocycles. The number of carbonyl (C=O) groups excluding carboxylic acids is 2. The van der Waals surface area contributed by atoms with Gasteiger partial charge >= 0.3 is 0 Å². The maximum absolute atomic E-state index is 12.1. The molecule has 5 heteroatoms. The third-order valence-electron chi connectivity index (χ3n) is 3.49. The molecule has 1 unspecified atom stereocenters. The summed E-state index contributed by atoms with van der Waals surface area (Å²) < 4.78 is 5.65. The summed E-state index contributed by atoms with van der Waals surface area (Å²) in [5, 5.41) is 5.54. The summed E-state index contributed by atoms with van der Waals surface area (Å²) in [7, 11) is 0. The number of hydrogen-bond acceptors (Lipinski definition) is 3. The van der Waals surface area contributed by atoms with Crippen molar-refractivity contribution in [2.45, 2.75) is 25.5 Å². The zero-order chi connectivity index (χ0) is 13.9. The van der Waals surface area contributed by atoms with Gasteiger partial charge in [-0.3, -0.25) is 9.59 Å². The number of rotatable bonds is 4. The molecule has 0 radical (unpaired) electrons. The first-order valence-electron chi connectivity index (χ1n) is 6.73. The summed E-state index contributed by atoms with van der Waals surface area (Å²) in [6, 6.07) is 7.26. The van der Waals surface area contributed by atoms with E-state index in [4.69, 9.17) is 4.74 Å². The molecule has 0 aromatic heterocycles. The molecule has 2 N–H and O–H groups in total. The van der Waals surface area contributed by atoms with Gasteiger partial charge in [0.25, 0.3) is 0 Å². The topological polar surface area (TPSA) is 67.4 Å². The first kappa shape index (κ1) is 12.7. The van der Waals surface area contributed by atoms with Crippen molar-refractivity contribution in [1.82, 2.24) is 5.32 Å². The Hall–Kier alpha value is -2.30. The van der Waals surface area contributed by atoms with Crippen molar-refractivity contribution in [3.8, 4) is 5.75 Å². The van der Waals surface area contributed by atoms with Crippen LogP contribution in [0.25, 0.3) is 0 Å². The molecule has 1 fully saturated rings. The summed E-state index contributed by atoms with van der Waals surface area (Å²) in [5.74, 6) is 0.570. The van der Waals surface area contributed by atoms with E-state index < -0.39 is 0 Å². The summed E-state index contributed by atoms with van der Waals surface area (Å²) in [6.45, 7) is 0. The van der Waals surface area contributed by atoms with E-state index >= 15 is 0 Å². The average Bonchev–Trinajstić information content (AvgIpc) is 2.93. The standard InChI is InChI=1S/C15H16N2O3/c18-13-9-14(17-13)20-12-8-4-3-7-11(12)16-15(19)10-5-1-2-6-10/h1-4,7-8,10,14H,5-6,9H2,(H,16,19)(H,17,18). The Bertz CT molecular complexity index is 552. The van der Waals surface area contributed by atoms with Crippen LogP contribution >= 0.6 is 0 Å². The van der Waals surface area contributed by atoms with Crippen LogP contribution in [0, 0.1) is 5.92 Å². The van der Waals surface area contributed by atoms with Crippen LogP contribution in [0.5, 0.6) is 5.75 Å². The smallest absolute Gasteiger partial charge is 0.228 e. The lowest BCUT2D eigenvalue weighted by Gasteiger charge is -2.28. The lowest BCUT2D eigenvalue weighted by Crippen LogP contribution is -2.51. The van der Waals surface area contributed by atoms with Gasteiger partial charge in [-0.1, -0.05) is 24.3 Å². The molecule has 2 amide bonds. The monoisotopic (exact) mass is 272 g/mol. The maximum atomic E-state index is 12.1. The fourth-order valence-corrected chi connectivity index (χ4v) is 2.29. The highest BCUT2D eigenvalue weighted by molar-refractivity contribution is 5.94. The molecule has 3 rings (SSSR count). The molecule has 1 heterocycles. The van der Waals surface area contributed by atoms with Crippen LogP contribution in [0.15, 0.2) is 36.4 Å². The predicted octanol–water partition coefficient (Wildman–Crippen LogP) is 1.82. The van der Waals surface area contributed by atoms with Gasteiger partial charge in [0.2, 0.25) is 11.8 Å². The zero-order valence-electron chi connectivity index (χ0n) is 11.0. The average molecular weight is 272 g/mol. The minimum Gasteiger partial charge on any atom is -0.468 e. The first-order chi connectivity index (χ1) is 9.72. The molecule has 1 aliphatic carbocycles. The Labute approximate surface area is 117 Å². The fraction of sp³-hybridized carbons (Fsp3) is 0.333. The van der Waals surface area contributed by atoms with Crippen molar-refractivity contribution in [2.75, 3.05) is 5.32 Å². The van der Waals surface area contributed by atoms with E-state index in [1.54, 1.807) is 12.1 Å². The number of benzene rings is 1. The van der Waals surface area contributed by atoms with E-state index in [9.17, 15) is 9.59 Å². The highest BCUT2D eigenvalue weighted by atomic mass is 16.5. The maximum Gasteiger partial charge on any atom is 0.228 e. The van der Waals surface area contributed by atoms with Gasteiger partial charge in [0.05, 0.1) is 12.1 Å². The third-order valence-corrected chi connectivity index (χ3v) is 3.49. The van der Waals surface area contributed by atoms with Crippen LogP contribution in [0.1, 0.15) is 19.3 Å².